The number of benzene rings is 1. The van der Waals surface area contributed by atoms with Gasteiger partial charge in [-0.1, -0.05) is 24.6 Å². The molecule has 0 saturated heterocycles. The van der Waals surface area contributed by atoms with E-state index in [1.807, 2.05) is 42.1 Å². The van der Waals surface area contributed by atoms with Crippen molar-refractivity contribution >= 4 is 11.7 Å². The van der Waals surface area contributed by atoms with E-state index in [0.717, 1.165) is 24.2 Å². The van der Waals surface area contributed by atoms with Crippen molar-refractivity contribution in [1.29, 1.82) is 0 Å². The van der Waals surface area contributed by atoms with Gasteiger partial charge in [-0.3, -0.25) is 4.68 Å². The Morgan fingerprint density at radius 3 is 2.71 bits per heavy atom. The fourth-order valence-corrected chi connectivity index (χ4v) is 2.09. The van der Waals surface area contributed by atoms with Crippen molar-refractivity contribution in [2.24, 2.45) is 0 Å². The van der Waals surface area contributed by atoms with Crippen LogP contribution in [0, 0.1) is 6.92 Å². The van der Waals surface area contributed by atoms with Crippen molar-refractivity contribution in [2.75, 3.05) is 12.4 Å². The van der Waals surface area contributed by atoms with Crippen molar-refractivity contribution < 1.29 is 9.53 Å². The number of methoxy groups -OCH3 is 1. The summed E-state index contributed by atoms with van der Waals surface area (Å²) in [5.41, 5.74) is 2.85. The number of carbonyl (C=O) groups is 1. The first kappa shape index (κ1) is 15.1. The molecule has 112 valence electrons. The normalized spacial score (nSPS) is 12.0. The van der Waals surface area contributed by atoms with E-state index in [1.54, 1.807) is 6.20 Å². The number of aryl methyl sites for hydroxylation is 2. The maximum atomic E-state index is 12.0. The summed E-state index contributed by atoms with van der Waals surface area (Å²) in [5, 5.41) is 7.47. The molecule has 2 rings (SSSR count). The Hall–Kier alpha value is -2.30. The van der Waals surface area contributed by atoms with Crippen LogP contribution in [-0.2, 0) is 16.1 Å². The lowest BCUT2D eigenvalue weighted by molar-refractivity contribution is -0.141. The first-order valence-electron chi connectivity index (χ1n) is 7.07. The number of ether oxygens (including phenoxy) is 1. The van der Waals surface area contributed by atoms with E-state index in [0.29, 0.717) is 0 Å². The van der Waals surface area contributed by atoms with Gasteiger partial charge in [0.25, 0.3) is 0 Å². The number of carbonyl (C=O) groups excluding carboxylic acids is 1. The largest absolute Gasteiger partial charge is 0.467 e. The second-order valence-corrected chi connectivity index (χ2v) is 5.00. The molecule has 0 aliphatic heterocycles. The monoisotopic (exact) mass is 287 g/mol. The van der Waals surface area contributed by atoms with E-state index < -0.39 is 6.04 Å². The molecule has 2 aromatic rings. The Labute approximate surface area is 124 Å². The highest BCUT2D eigenvalue weighted by Gasteiger charge is 2.22. The third kappa shape index (κ3) is 3.84. The lowest BCUT2D eigenvalue weighted by Crippen LogP contribution is -2.22. The zero-order chi connectivity index (χ0) is 15.2. The average molecular weight is 287 g/mol. The number of nitrogens with zero attached hydrogens (tertiary/aromatic N) is 2. The molecule has 0 bridgehead atoms. The second-order valence-electron chi connectivity index (χ2n) is 5.00. The van der Waals surface area contributed by atoms with E-state index in [1.165, 1.54) is 12.7 Å². The predicted molar refractivity (Wildman–Crippen MR) is 82.1 cm³/mol. The van der Waals surface area contributed by atoms with Crippen LogP contribution < -0.4 is 5.32 Å². The number of nitrogens with one attached hydrogen (secondary N) is 1. The van der Waals surface area contributed by atoms with Gasteiger partial charge in [-0.25, -0.2) is 4.79 Å². The van der Waals surface area contributed by atoms with E-state index in [2.05, 4.69) is 17.3 Å². The third-order valence-corrected chi connectivity index (χ3v) is 3.24. The minimum atomic E-state index is -0.552. The van der Waals surface area contributed by atoms with E-state index in [4.69, 9.17) is 4.74 Å². The Morgan fingerprint density at radius 2 is 2.10 bits per heavy atom. The molecular formula is C16H21N3O2. The summed E-state index contributed by atoms with van der Waals surface area (Å²) >= 11 is 0. The zero-order valence-corrected chi connectivity index (χ0v) is 12.7. The predicted octanol–water partition coefficient (Wildman–Crippen LogP) is 2.93. The highest BCUT2D eigenvalue weighted by Crippen LogP contribution is 2.21. The van der Waals surface area contributed by atoms with Crippen LogP contribution in [0.5, 0.6) is 0 Å². The smallest absolute Gasteiger partial charge is 0.333 e. The summed E-state index contributed by atoms with van der Waals surface area (Å²) < 4.78 is 6.73. The Morgan fingerprint density at radius 1 is 1.38 bits per heavy atom. The standard InChI is InChI=1S/C16H21N3O2/c1-4-9-19-11-13(10-17-19)15(16(20)21-3)18-14-7-5-12(2)6-8-14/h5-8,10-11,15,18H,4,9H2,1-3H3. The number of esters is 1. The Kier molecular flexibility index (Phi) is 4.98. The van der Waals surface area contributed by atoms with Gasteiger partial charge in [0.15, 0.2) is 6.04 Å². The first-order valence-corrected chi connectivity index (χ1v) is 7.07. The number of rotatable bonds is 6. The number of hydrogen-bond acceptors (Lipinski definition) is 4. The van der Waals surface area contributed by atoms with Gasteiger partial charge in [-0.15, -0.1) is 0 Å². The van der Waals surface area contributed by atoms with Crippen LogP contribution in [0.1, 0.15) is 30.5 Å². The molecule has 0 aliphatic carbocycles. The minimum absolute atomic E-state index is 0.327. The quantitative estimate of drug-likeness (QED) is 0.830. The fourth-order valence-electron chi connectivity index (χ4n) is 2.09. The van der Waals surface area contributed by atoms with Crippen molar-refractivity contribution in [2.45, 2.75) is 32.9 Å². The fraction of sp³-hybridized carbons (Fsp3) is 0.375. The molecule has 0 aliphatic rings. The van der Waals surface area contributed by atoms with Crippen molar-refractivity contribution in [3.05, 3.63) is 47.8 Å². The summed E-state index contributed by atoms with van der Waals surface area (Å²) in [6.07, 6.45) is 4.58. The van der Waals surface area contributed by atoms with Crippen molar-refractivity contribution in [1.82, 2.24) is 9.78 Å². The van der Waals surface area contributed by atoms with Gasteiger partial charge >= 0.3 is 5.97 Å². The van der Waals surface area contributed by atoms with Gasteiger partial charge in [-0.2, -0.15) is 5.10 Å². The van der Waals surface area contributed by atoms with E-state index >= 15 is 0 Å². The number of anilines is 1. The summed E-state index contributed by atoms with van der Waals surface area (Å²) in [6, 6.07) is 7.33. The summed E-state index contributed by atoms with van der Waals surface area (Å²) in [5.74, 6) is -0.327. The molecule has 0 amide bonds. The molecule has 0 fully saturated rings. The SMILES string of the molecule is CCCn1cc(C(Nc2ccc(C)cc2)C(=O)OC)cn1. The van der Waals surface area contributed by atoms with Crippen LogP contribution in [0.2, 0.25) is 0 Å². The Bertz CT molecular complexity index is 590. The van der Waals surface area contributed by atoms with Gasteiger partial charge in [0.2, 0.25) is 0 Å². The molecule has 5 nitrogen and oxygen atoms in total. The van der Waals surface area contributed by atoms with Gasteiger partial charge in [0.05, 0.1) is 13.3 Å². The average Bonchev–Trinajstić information content (AvgIpc) is 2.94. The summed E-state index contributed by atoms with van der Waals surface area (Å²) in [7, 11) is 1.39. The first-order chi connectivity index (χ1) is 10.1. The lowest BCUT2D eigenvalue weighted by atomic mass is 10.1. The van der Waals surface area contributed by atoms with Crippen LogP contribution in [0.15, 0.2) is 36.7 Å². The molecule has 0 spiro atoms. The number of aromatic nitrogens is 2. The third-order valence-electron chi connectivity index (χ3n) is 3.24. The van der Waals surface area contributed by atoms with Gasteiger partial charge < -0.3 is 10.1 Å². The maximum Gasteiger partial charge on any atom is 0.333 e. The van der Waals surface area contributed by atoms with Crippen LogP contribution >= 0.6 is 0 Å². The molecule has 0 saturated carbocycles. The van der Waals surface area contributed by atoms with Gasteiger partial charge in [-0.05, 0) is 25.5 Å². The van der Waals surface area contributed by atoms with Crippen molar-refractivity contribution in [3.63, 3.8) is 0 Å². The summed E-state index contributed by atoms with van der Waals surface area (Å²) in [4.78, 5) is 12.0. The van der Waals surface area contributed by atoms with Crippen LogP contribution in [0.25, 0.3) is 0 Å². The highest BCUT2D eigenvalue weighted by atomic mass is 16.5. The topological polar surface area (TPSA) is 56.2 Å². The molecule has 1 atom stereocenters. The zero-order valence-electron chi connectivity index (χ0n) is 12.7. The molecule has 1 aromatic heterocycles. The molecule has 1 N–H and O–H groups in total. The van der Waals surface area contributed by atoms with E-state index in [-0.39, 0.29) is 5.97 Å². The Balaban J connectivity index is 2.21. The number of hydrogen-bond donors (Lipinski definition) is 1. The second kappa shape index (κ2) is 6.92. The molecular weight excluding hydrogens is 266 g/mol. The molecule has 5 heteroatoms. The van der Waals surface area contributed by atoms with Gasteiger partial charge in [0.1, 0.15) is 0 Å². The van der Waals surface area contributed by atoms with Crippen LogP contribution in [-0.4, -0.2) is 22.9 Å². The highest BCUT2D eigenvalue weighted by molar-refractivity contribution is 5.80. The molecule has 1 aromatic carbocycles. The van der Waals surface area contributed by atoms with Gasteiger partial charge in [0, 0.05) is 24.0 Å². The molecule has 1 unspecified atom stereocenters. The van der Waals surface area contributed by atoms with Crippen LogP contribution in [0.3, 0.4) is 0 Å². The lowest BCUT2D eigenvalue weighted by Gasteiger charge is -2.16. The van der Waals surface area contributed by atoms with E-state index in [9.17, 15) is 4.79 Å². The minimum Gasteiger partial charge on any atom is -0.467 e. The molecule has 0 radical (unpaired) electrons. The summed E-state index contributed by atoms with van der Waals surface area (Å²) in [6.45, 7) is 4.94. The maximum absolute atomic E-state index is 12.0. The van der Waals surface area contributed by atoms with Crippen LogP contribution in [0.4, 0.5) is 5.69 Å². The molecule has 1 heterocycles. The molecule has 21 heavy (non-hydrogen) atoms. The van der Waals surface area contributed by atoms with Crippen molar-refractivity contribution in [3.8, 4) is 0 Å².